The maximum Gasteiger partial charge on any atom is 0.265 e. The van der Waals surface area contributed by atoms with Crippen molar-refractivity contribution in [2.75, 3.05) is 11.9 Å². The fourth-order valence-corrected chi connectivity index (χ4v) is 2.67. The molecule has 0 aliphatic carbocycles. The van der Waals surface area contributed by atoms with E-state index in [0.29, 0.717) is 22.7 Å². The van der Waals surface area contributed by atoms with E-state index in [1.165, 1.54) is 11.3 Å². The van der Waals surface area contributed by atoms with Gasteiger partial charge in [-0.15, -0.1) is 11.3 Å². The number of nitrogens with one attached hydrogen (secondary N) is 3. The van der Waals surface area contributed by atoms with Gasteiger partial charge in [-0.2, -0.15) is 0 Å². The molecule has 0 aliphatic rings. The normalized spacial score (nSPS) is 11.4. The molecule has 1 heterocycles. The summed E-state index contributed by atoms with van der Waals surface area (Å²) < 4.78 is 0. The molecule has 0 bridgehead atoms. The number of carbonyl (C=O) groups is 3. The lowest BCUT2D eigenvalue weighted by Gasteiger charge is -2.14. The summed E-state index contributed by atoms with van der Waals surface area (Å²) in [6.45, 7) is 4.18. The topological polar surface area (TPSA) is 87.3 Å². The molecule has 132 valence electrons. The summed E-state index contributed by atoms with van der Waals surface area (Å²) in [7, 11) is 0. The molecule has 2 rings (SSSR count). The van der Waals surface area contributed by atoms with Crippen LogP contribution in [0.3, 0.4) is 0 Å². The lowest BCUT2D eigenvalue weighted by atomic mass is 10.1. The molecule has 0 radical (unpaired) electrons. The average molecular weight is 359 g/mol. The van der Waals surface area contributed by atoms with E-state index in [9.17, 15) is 14.4 Å². The molecule has 7 heteroatoms. The van der Waals surface area contributed by atoms with Gasteiger partial charge in [-0.05, 0) is 49.1 Å². The van der Waals surface area contributed by atoms with E-state index in [2.05, 4.69) is 16.0 Å². The van der Waals surface area contributed by atoms with Crippen molar-refractivity contribution >= 4 is 34.7 Å². The summed E-state index contributed by atoms with van der Waals surface area (Å²) in [6.07, 6.45) is 0.838. The van der Waals surface area contributed by atoms with Gasteiger partial charge in [-0.1, -0.05) is 13.0 Å². The van der Waals surface area contributed by atoms with Crippen LogP contribution < -0.4 is 16.0 Å². The van der Waals surface area contributed by atoms with Crippen molar-refractivity contribution in [2.24, 2.45) is 0 Å². The first kappa shape index (κ1) is 18.7. The van der Waals surface area contributed by atoms with Gasteiger partial charge in [0.05, 0.1) is 4.88 Å². The van der Waals surface area contributed by atoms with Crippen LogP contribution in [-0.2, 0) is 4.79 Å². The molecule has 1 unspecified atom stereocenters. The Kier molecular flexibility index (Phi) is 6.71. The Bertz CT molecular complexity index is 727. The highest BCUT2D eigenvalue weighted by Crippen LogP contribution is 2.14. The minimum absolute atomic E-state index is 0.187. The van der Waals surface area contributed by atoms with Gasteiger partial charge < -0.3 is 16.0 Å². The van der Waals surface area contributed by atoms with E-state index >= 15 is 0 Å². The van der Waals surface area contributed by atoms with E-state index in [0.717, 1.165) is 6.42 Å². The van der Waals surface area contributed by atoms with Crippen LogP contribution in [0.2, 0.25) is 0 Å². The fourth-order valence-electron chi connectivity index (χ4n) is 2.05. The first-order valence-corrected chi connectivity index (χ1v) is 8.92. The molecule has 1 aromatic carbocycles. The quantitative estimate of drug-likeness (QED) is 0.710. The Hall–Kier alpha value is -2.67. The van der Waals surface area contributed by atoms with Crippen molar-refractivity contribution in [3.8, 4) is 0 Å². The molecule has 1 atom stereocenters. The van der Waals surface area contributed by atoms with Gasteiger partial charge in [0.15, 0.2) is 0 Å². The minimum atomic E-state index is -0.614. The van der Waals surface area contributed by atoms with Crippen LogP contribution in [0.15, 0.2) is 41.8 Å². The summed E-state index contributed by atoms with van der Waals surface area (Å²) in [5.74, 6) is -0.737. The zero-order chi connectivity index (χ0) is 18.2. The average Bonchev–Trinajstić information content (AvgIpc) is 3.14. The van der Waals surface area contributed by atoms with Crippen LogP contribution in [0.1, 0.15) is 40.3 Å². The molecule has 25 heavy (non-hydrogen) atoms. The lowest BCUT2D eigenvalue weighted by molar-refractivity contribution is -0.122. The highest BCUT2D eigenvalue weighted by Gasteiger charge is 2.16. The van der Waals surface area contributed by atoms with Crippen LogP contribution in [0.4, 0.5) is 5.69 Å². The third-order valence-electron chi connectivity index (χ3n) is 3.44. The van der Waals surface area contributed by atoms with Gasteiger partial charge in [-0.25, -0.2) is 0 Å². The Balaban J connectivity index is 1.91. The van der Waals surface area contributed by atoms with Crippen LogP contribution in [-0.4, -0.2) is 30.3 Å². The predicted molar refractivity (Wildman–Crippen MR) is 98.9 cm³/mol. The summed E-state index contributed by atoms with van der Waals surface area (Å²) in [5.41, 5.74) is 1.02. The van der Waals surface area contributed by atoms with E-state index < -0.39 is 6.04 Å². The number of anilines is 1. The monoisotopic (exact) mass is 359 g/mol. The fraction of sp³-hybridized carbons (Fsp3) is 0.278. The summed E-state index contributed by atoms with van der Waals surface area (Å²) in [6, 6.07) is 9.46. The van der Waals surface area contributed by atoms with Crippen molar-refractivity contribution in [2.45, 2.75) is 26.3 Å². The largest absolute Gasteiger partial charge is 0.354 e. The molecule has 0 spiro atoms. The van der Waals surface area contributed by atoms with Crippen molar-refractivity contribution < 1.29 is 14.4 Å². The Labute approximate surface area is 150 Å². The molecule has 0 aliphatic heterocycles. The Morgan fingerprint density at radius 2 is 1.80 bits per heavy atom. The van der Waals surface area contributed by atoms with E-state index in [1.54, 1.807) is 37.3 Å². The minimum Gasteiger partial charge on any atom is -0.354 e. The highest BCUT2D eigenvalue weighted by atomic mass is 32.1. The smallest absolute Gasteiger partial charge is 0.265 e. The molecule has 1 aromatic heterocycles. The number of hydrogen-bond donors (Lipinski definition) is 3. The zero-order valence-electron chi connectivity index (χ0n) is 14.2. The first-order chi connectivity index (χ1) is 12.0. The first-order valence-electron chi connectivity index (χ1n) is 8.04. The predicted octanol–water partition coefficient (Wildman–Crippen LogP) is 2.64. The molecular weight excluding hydrogens is 338 g/mol. The van der Waals surface area contributed by atoms with Gasteiger partial charge in [0.2, 0.25) is 5.91 Å². The molecule has 0 fully saturated rings. The van der Waals surface area contributed by atoms with Crippen LogP contribution in [0.25, 0.3) is 0 Å². The van der Waals surface area contributed by atoms with Crippen molar-refractivity contribution in [1.82, 2.24) is 10.6 Å². The molecule has 3 N–H and O–H groups in total. The molecule has 2 aromatic rings. The SMILES string of the molecule is CCCNC(=O)C(C)NC(=O)c1ccc(NC(=O)c2cccs2)cc1. The van der Waals surface area contributed by atoms with Crippen LogP contribution in [0, 0.1) is 0 Å². The van der Waals surface area contributed by atoms with E-state index in [-0.39, 0.29) is 17.7 Å². The highest BCUT2D eigenvalue weighted by molar-refractivity contribution is 7.12. The second kappa shape index (κ2) is 8.98. The number of hydrogen-bond acceptors (Lipinski definition) is 4. The maximum atomic E-state index is 12.2. The molecule has 0 saturated carbocycles. The second-order valence-corrected chi connectivity index (χ2v) is 6.44. The Morgan fingerprint density at radius 3 is 2.40 bits per heavy atom. The van der Waals surface area contributed by atoms with Crippen LogP contribution in [0.5, 0.6) is 0 Å². The number of thiophene rings is 1. The molecule has 3 amide bonds. The number of benzene rings is 1. The maximum absolute atomic E-state index is 12.2. The van der Waals surface area contributed by atoms with Crippen LogP contribution >= 0.6 is 11.3 Å². The van der Waals surface area contributed by atoms with Gasteiger partial charge in [0.25, 0.3) is 11.8 Å². The van der Waals surface area contributed by atoms with Crippen molar-refractivity contribution in [3.05, 3.63) is 52.2 Å². The lowest BCUT2D eigenvalue weighted by Crippen LogP contribution is -2.44. The zero-order valence-corrected chi connectivity index (χ0v) is 15.0. The van der Waals surface area contributed by atoms with E-state index in [1.807, 2.05) is 18.4 Å². The number of amides is 3. The third kappa shape index (κ3) is 5.42. The van der Waals surface area contributed by atoms with E-state index in [4.69, 9.17) is 0 Å². The van der Waals surface area contributed by atoms with Gasteiger partial charge in [0.1, 0.15) is 6.04 Å². The molecule has 6 nitrogen and oxygen atoms in total. The molecule has 0 saturated heterocycles. The van der Waals surface area contributed by atoms with Gasteiger partial charge in [0, 0.05) is 17.8 Å². The van der Waals surface area contributed by atoms with Gasteiger partial charge >= 0.3 is 0 Å². The second-order valence-electron chi connectivity index (χ2n) is 5.49. The van der Waals surface area contributed by atoms with Crippen molar-refractivity contribution in [3.63, 3.8) is 0 Å². The van der Waals surface area contributed by atoms with Crippen molar-refractivity contribution in [1.29, 1.82) is 0 Å². The Morgan fingerprint density at radius 1 is 1.08 bits per heavy atom. The summed E-state index contributed by atoms with van der Waals surface area (Å²) in [5, 5.41) is 9.99. The van der Waals surface area contributed by atoms with Gasteiger partial charge in [-0.3, -0.25) is 14.4 Å². The summed E-state index contributed by atoms with van der Waals surface area (Å²) in [4.78, 5) is 36.6. The molecular formula is C18H21N3O3S. The third-order valence-corrected chi connectivity index (χ3v) is 4.31. The standard InChI is InChI=1S/C18H21N3O3S/c1-3-10-19-16(22)12(2)20-17(23)13-6-8-14(9-7-13)21-18(24)15-5-4-11-25-15/h4-9,11-12H,3,10H2,1-2H3,(H,19,22)(H,20,23)(H,21,24). The number of rotatable bonds is 7. The summed E-state index contributed by atoms with van der Waals surface area (Å²) >= 11 is 1.36. The number of carbonyl (C=O) groups excluding carboxylic acids is 3.